The SMILES string of the molecule is COc1ccccc1CNC(=O)c1c(C)[nH]c2c(F)cccc12. The monoisotopic (exact) mass is 312 g/mol. The first-order valence-corrected chi connectivity index (χ1v) is 7.28. The van der Waals surface area contributed by atoms with Gasteiger partial charge in [-0.1, -0.05) is 30.3 Å². The third-order valence-electron chi connectivity index (χ3n) is 3.83. The van der Waals surface area contributed by atoms with Crippen LogP contribution < -0.4 is 10.1 Å². The van der Waals surface area contributed by atoms with Crippen LogP contribution in [-0.2, 0) is 6.54 Å². The highest BCUT2D eigenvalue weighted by Crippen LogP contribution is 2.24. The molecule has 118 valence electrons. The zero-order valence-corrected chi connectivity index (χ0v) is 12.9. The number of carbonyl (C=O) groups is 1. The van der Waals surface area contributed by atoms with Gasteiger partial charge in [-0.2, -0.15) is 0 Å². The quantitative estimate of drug-likeness (QED) is 0.774. The first-order valence-electron chi connectivity index (χ1n) is 7.28. The molecule has 0 bridgehead atoms. The Morgan fingerprint density at radius 2 is 2.00 bits per heavy atom. The van der Waals surface area contributed by atoms with Crippen LogP contribution in [0.3, 0.4) is 0 Å². The van der Waals surface area contributed by atoms with Gasteiger partial charge in [0, 0.05) is 23.2 Å². The lowest BCUT2D eigenvalue weighted by molar-refractivity contribution is 0.0952. The summed E-state index contributed by atoms with van der Waals surface area (Å²) in [5.41, 5.74) is 2.34. The van der Waals surface area contributed by atoms with Crippen LogP contribution in [0.25, 0.3) is 10.9 Å². The summed E-state index contributed by atoms with van der Waals surface area (Å²) >= 11 is 0. The number of carbonyl (C=O) groups excluding carboxylic acids is 1. The average Bonchev–Trinajstić information content (AvgIpc) is 2.90. The molecule has 0 atom stereocenters. The van der Waals surface area contributed by atoms with Crippen molar-refractivity contribution in [2.24, 2.45) is 0 Å². The molecule has 4 nitrogen and oxygen atoms in total. The lowest BCUT2D eigenvalue weighted by atomic mass is 10.1. The Kier molecular flexibility index (Phi) is 4.02. The van der Waals surface area contributed by atoms with Gasteiger partial charge in [-0.3, -0.25) is 4.79 Å². The molecule has 0 radical (unpaired) electrons. The van der Waals surface area contributed by atoms with Crippen LogP contribution in [0.2, 0.25) is 0 Å². The number of benzene rings is 2. The number of aryl methyl sites for hydroxylation is 1. The molecule has 2 aromatic carbocycles. The van der Waals surface area contributed by atoms with Crippen molar-refractivity contribution in [1.29, 1.82) is 0 Å². The van der Waals surface area contributed by atoms with E-state index >= 15 is 0 Å². The molecule has 0 saturated carbocycles. The summed E-state index contributed by atoms with van der Waals surface area (Å²) in [6.07, 6.45) is 0. The van der Waals surface area contributed by atoms with E-state index in [1.165, 1.54) is 6.07 Å². The van der Waals surface area contributed by atoms with E-state index < -0.39 is 0 Å². The van der Waals surface area contributed by atoms with E-state index in [1.807, 2.05) is 24.3 Å². The van der Waals surface area contributed by atoms with Crippen molar-refractivity contribution in [1.82, 2.24) is 10.3 Å². The van der Waals surface area contributed by atoms with Crippen molar-refractivity contribution in [2.45, 2.75) is 13.5 Å². The van der Waals surface area contributed by atoms with E-state index in [0.29, 0.717) is 28.7 Å². The van der Waals surface area contributed by atoms with Gasteiger partial charge in [0.15, 0.2) is 0 Å². The molecule has 2 N–H and O–H groups in total. The number of para-hydroxylation sites is 2. The predicted octanol–water partition coefficient (Wildman–Crippen LogP) is 3.55. The Bertz CT molecular complexity index is 871. The Morgan fingerprint density at radius 3 is 2.78 bits per heavy atom. The number of hydrogen-bond acceptors (Lipinski definition) is 2. The molecule has 0 saturated heterocycles. The number of halogens is 1. The van der Waals surface area contributed by atoms with Gasteiger partial charge in [0.1, 0.15) is 11.6 Å². The molecule has 3 aromatic rings. The van der Waals surface area contributed by atoms with Crippen molar-refractivity contribution in [3.05, 3.63) is 65.1 Å². The molecule has 1 aromatic heterocycles. The fourth-order valence-corrected chi connectivity index (χ4v) is 2.72. The second-order valence-corrected chi connectivity index (χ2v) is 5.28. The molecule has 0 unspecified atom stereocenters. The fourth-order valence-electron chi connectivity index (χ4n) is 2.72. The Morgan fingerprint density at radius 1 is 1.22 bits per heavy atom. The van der Waals surface area contributed by atoms with Gasteiger partial charge < -0.3 is 15.0 Å². The summed E-state index contributed by atoms with van der Waals surface area (Å²) in [5, 5.41) is 3.45. The number of fused-ring (bicyclic) bond motifs is 1. The summed E-state index contributed by atoms with van der Waals surface area (Å²) in [5.74, 6) is 0.106. The van der Waals surface area contributed by atoms with Gasteiger partial charge in [-0.05, 0) is 19.1 Å². The van der Waals surface area contributed by atoms with Gasteiger partial charge >= 0.3 is 0 Å². The van der Waals surface area contributed by atoms with Crippen LogP contribution in [0.4, 0.5) is 4.39 Å². The average molecular weight is 312 g/mol. The lowest BCUT2D eigenvalue weighted by Crippen LogP contribution is -2.23. The van der Waals surface area contributed by atoms with Gasteiger partial charge in [-0.15, -0.1) is 0 Å². The minimum atomic E-state index is -0.366. The van der Waals surface area contributed by atoms with Gasteiger partial charge in [0.05, 0.1) is 18.2 Å². The smallest absolute Gasteiger partial charge is 0.253 e. The predicted molar refractivity (Wildman–Crippen MR) is 87.2 cm³/mol. The molecular weight excluding hydrogens is 295 g/mol. The zero-order chi connectivity index (χ0) is 16.4. The van der Waals surface area contributed by atoms with E-state index in [1.54, 1.807) is 26.2 Å². The third-order valence-corrected chi connectivity index (χ3v) is 3.83. The van der Waals surface area contributed by atoms with Crippen molar-refractivity contribution in [2.75, 3.05) is 7.11 Å². The molecule has 0 fully saturated rings. The molecule has 0 aliphatic heterocycles. The first kappa shape index (κ1) is 15.1. The molecular formula is C18H17FN2O2. The number of rotatable bonds is 4. The summed E-state index contributed by atoms with van der Waals surface area (Å²) in [6.45, 7) is 2.10. The minimum Gasteiger partial charge on any atom is -0.496 e. The topological polar surface area (TPSA) is 54.1 Å². The molecule has 1 amide bonds. The van der Waals surface area contributed by atoms with Crippen molar-refractivity contribution in [3.63, 3.8) is 0 Å². The molecule has 23 heavy (non-hydrogen) atoms. The number of ether oxygens (including phenoxy) is 1. The minimum absolute atomic E-state index is 0.245. The first-order chi connectivity index (χ1) is 11.1. The van der Waals surface area contributed by atoms with Crippen molar-refractivity contribution >= 4 is 16.8 Å². The summed E-state index contributed by atoms with van der Waals surface area (Å²) < 4.78 is 19.1. The van der Waals surface area contributed by atoms with E-state index in [4.69, 9.17) is 4.74 Å². The highest BCUT2D eigenvalue weighted by atomic mass is 19.1. The third kappa shape index (κ3) is 2.77. The maximum absolute atomic E-state index is 13.8. The van der Waals surface area contributed by atoms with Gasteiger partial charge in [-0.25, -0.2) is 4.39 Å². The molecule has 3 rings (SSSR count). The number of aromatic amines is 1. The zero-order valence-electron chi connectivity index (χ0n) is 12.9. The maximum Gasteiger partial charge on any atom is 0.253 e. The number of H-pyrrole nitrogens is 1. The van der Waals surface area contributed by atoms with Crippen LogP contribution >= 0.6 is 0 Å². The lowest BCUT2D eigenvalue weighted by Gasteiger charge is -2.09. The fraction of sp³-hybridized carbons (Fsp3) is 0.167. The summed E-state index contributed by atoms with van der Waals surface area (Å²) in [6, 6.07) is 12.2. The van der Waals surface area contributed by atoms with Gasteiger partial charge in [0.2, 0.25) is 0 Å². The maximum atomic E-state index is 13.8. The van der Waals surface area contributed by atoms with Crippen LogP contribution in [0, 0.1) is 12.7 Å². The van der Waals surface area contributed by atoms with E-state index in [9.17, 15) is 9.18 Å². The molecule has 5 heteroatoms. The molecule has 0 spiro atoms. The number of hydrogen-bond donors (Lipinski definition) is 2. The standard InChI is InChI=1S/C18H17FN2O2/c1-11-16(13-7-5-8-14(19)17(13)21-11)18(22)20-10-12-6-3-4-9-15(12)23-2/h3-9,21H,10H2,1-2H3,(H,20,22). The summed E-state index contributed by atoms with van der Waals surface area (Å²) in [4.78, 5) is 15.5. The second kappa shape index (κ2) is 6.12. The largest absolute Gasteiger partial charge is 0.496 e. The highest BCUT2D eigenvalue weighted by molar-refractivity contribution is 6.08. The van der Waals surface area contributed by atoms with Crippen molar-refractivity contribution in [3.8, 4) is 5.75 Å². The van der Waals surface area contributed by atoms with Crippen LogP contribution in [0.5, 0.6) is 5.75 Å². The Hall–Kier alpha value is -2.82. The van der Waals surface area contributed by atoms with E-state index in [2.05, 4.69) is 10.3 Å². The van der Waals surface area contributed by atoms with Crippen LogP contribution in [0.1, 0.15) is 21.6 Å². The van der Waals surface area contributed by atoms with Crippen molar-refractivity contribution < 1.29 is 13.9 Å². The Labute approximate surface area is 133 Å². The number of amides is 1. The summed E-state index contributed by atoms with van der Waals surface area (Å²) in [7, 11) is 1.59. The number of methoxy groups -OCH3 is 1. The number of aromatic nitrogens is 1. The van der Waals surface area contributed by atoms with E-state index in [-0.39, 0.29) is 11.7 Å². The second-order valence-electron chi connectivity index (χ2n) is 5.28. The highest BCUT2D eigenvalue weighted by Gasteiger charge is 2.17. The van der Waals surface area contributed by atoms with Crippen LogP contribution in [-0.4, -0.2) is 18.0 Å². The van der Waals surface area contributed by atoms with Gasteiger partial charge in [0.25, 0.3) is 5.91 Å². The van der Waals surface area contributed by atoms with E-state index in [0.717, 1.165) is 11.3 Å². The normalized spacial score (nSPS) is 10.7. The molecule has 0 aliphatic rings. The van der Waals surface area contributed by atoms with Crippen LogP contribution in [0.15, 0.2) is 42.5 Å². The molecule has 0 aliphatic carbocycles. The molecule has 1 heterocycles. The number of nitrogens with one attached hydrogen (secondary N) is 2. The Balaban J connectivity index is 1.87.